The van der Waals surface area contributed by atoms with E-state index in [9.17, 15) is 18.4 Å². The van der Waals surface area contributed by atoms with Crippen molar-refractivity contribution >= 4 is 11.8 Å². The van der Waals surface area contributed by atoms with Gasteiger partial charge in [0.2, 0.25) is 11.8 Å². The third-order valence-electron chi connectivity index (χ3n) is 3.54. The van der Waals surface area contributed by atoms with Crippen molar-refractivity contribution in [3.8, 4) is 0 Å². The number of halogens is 2. The summed E-state index contributed by atoms with van der Waals surface area (Å²) in [5.41, 5.74) is 0. The van der Waals surface area contributed by atoms with Crippen LogP contribution in [0, 0.1) is 11.8 Å². The highest BCUT2D eigenvalue weighted by Crippen LogP contribution is 2.31. The molecular formula is C12H18F2N2O3. The first-order valence-electron chi connectivity index (χ1n) is 6.49. The van der Waals surface area contributed by atoms with Gasteiger partial charge in [0.05, 0.1) is 5.92 Å². The van der Waals surface area contributed by atoms with Gasteiger partial charge in [0.25, 0.3) is 6.43 Å². The van der Waals surface area contributed by atoms with Crippen LogP contribution >= 0.6 is 0 Å². The lowest BCUT2D eigenvalue weighted by Crippen LogP contribution is -2.39. The topological polar surface area (TPSA) is 69.6 Å². The number of nitrogens with zero attached hydrogens (tertiary/aromatic N) is 1. The van der Waals surface area contributed by atoms with Gasteiger partial charge in [0.15, 0.2) is 0 Å². The molecule has 0 bridgehead atoms. The molecule has 2 N–H and O–H groups in total. The molecule has 2 unspecified atom stereocenters. The minimum atomic E-state index is -2.88. The molecule has 2 rings (SSSR count). The molecule has 7 heteroatoms. The van der Waals surface area contributed by atoms with Crippen LogP contribution in [0.25, 0.3) is 0 Å². The summed E-state index contributed by atoms with van der Waals surface area (Å²) in [7, 11) is 0. The second-order valence-electron chi connectivity index (χ2n) is 5.29. The molecule has 0 aromatic heterocycles. The van der Waals surface area contributed by atoms with Crippen LogP contribution in [-0.4, -0.2) is 54.0 Å². The SMILES string of the molecule is O=C(NCC(O)C(F)F)C1CC(=O)N(CC2CC2)C1. The van der Waals surface area contributed by atoms with Crippen LogP contribution in [-0.2, 0) is 9.59 Å². The molecule has 19 heavy (non-hydrogen) atoms. The average molecular weight is 276 g/mol. The monoisotopic (exact) mass is 276 g/mol. The standard InChI is InChI=1S/C12H18F2N2O3/c13-11(14)9(17)4-15-12(19)8-3-10(18)16(6-8)5-7-1-2-7/h7-9,11,17H,1-6H2,(H,15,19). The number of likely N-dealkylation sites (tertiary alicyclic amines) is 1. The van der Waals surface area contributed by atoms with Gasteiger partial charge in [-0.25, -0.2) is 8.78 Å². The number of alkyl halides is 2. The number of aliphatic hydroxyl groups excluding tert-OH is 1. The fourth-order valence-corrected chi connectivity index (χ4v) is 2.17. The zero-order chi connectivity index (χ0) is 14.0. The normalized spacial score (nSPS) is 24.9. The maximum absolute atomic E-state index is 12.1. The number of hydrogen-bond donors (Lipinski definition) is 2. The molecule has 1 heterocycles. The first kappa shape index (κ1) is 14.2. The van der Waals surface area contributed by atoms with E-state index in [1.54, 1.807) is 4.90 Å². The van der Waals surface area contributed by atoms with Gasteiger partial charge < -0.3 is 15.3 Å². The third-order valence-corrected chi connectivity index (χ3v) is 3.54. The highest BCUT2D eigenvalue weighted by Gasteiger charge is 2.37. The van der Waals surface area contributed by atoms with Crippen molar-refractivity contribution in [2.24, 2.45) is 11.8 Å². The van der Waals surface area contributed by atoms with Crippen molar-refractivity contribution in [2.75, 3.05) is 19.6 Å². The van der Waals surface area contributed by atoms with Crippen molar-refractivity contribution in [3.05, 3.63) is 0 Å². The van der Waals surface area contributed by atoms with Crippen LogP contribution in [0.15, 0.2) is 0 Å². The molecule has 2 atom stereocenters. The zero-order valence-electron chi connectivity index (χ0n) is 10.5. The molecule has 0 aromatic rings. The van der Waals surface area contributed by atoms with Crippen molar-refractivity contribution in [1.82, 2.24) is 10.2 Å². The Morgan fingerprint density at radius 1 is 1.47 bits per heavy atom. The number of hydrogen-bond acceptors (Lipinski definition) is 3. The lowest BCUT2D eigenvalue weighted by Gasteiger charge is -2.16. The predicted octanol–water partition coefficient (Wildman–Crippen LogP) is -0.0129. The number of amides is 2. The second-order valence-corrected chi connectivity index (χ2v) is 5.29. The van der Waals surface area contributed by atoms with Gasteiger partial charge in [0, 0.05) is 26.1 Å². The van der Waals surface area contributed by atoms with E-state index >= 15 is 0 Å². The van der Waals surface area contributed by atoms with Gasteiger partial charge in [-0.3, -0.25) is 9.59 Å². The van der Waals surface area contributed by atoms with Crippen molar-refractivity contribution in [1.29, 1.82) is 0 Å². The van der Waals surface area contributed by atoms with Crippen LogP contribution in [0.4, 0.5) is 8.78 Å². The fraction of sp³-hybridized carbons (Fsp3) is 0.833. The van der Waals surface area contributed by atoms with Crippen LogP contribution in [0.2, 0.25) is 0 Å². The van der Waals surface area contributed by atoms with Gasteiger partial charge >= 0.3 is 0 Å². The molecule has 1 aliphatic carbocycles. The quantitative estimate of drug-likeness (QED) is 0.717. The van der Waals surface area contributed by atoms with Gasteiger partial charge in [-0.2, -0.15) is 0 Å². The molecule has 0 aromatic carbocycles. The number of rotatable bonds is 6. The first-order chi connectivity index (χ1) is 8.97. The Balaban J connectivity index is 1.75. The molecular weight excluding hydrogens is 258 g/mol. The Hall–Kier alpha value is -1.24. The summed E-state index contributed by atoms with van der Waals surface area (Å²) in [5.74, 6) is -0.421. The number of nitrogens with one attached hydrogen (secondary N) is 1. The average Bonchev–Trinajstić information content (AvgIpc) is 3.09. The maximum atomic E-state index is 12.1. The van der Waals surface area contributed by atoms with Crippen molar-refractivity contribution in [2.45, 2.75) is 31.8 Å². The number of carbonyl (C=O) groups is 2. The van der Waals surface area contributed by atoms with E-state index < -0.39 is 30.9 Å². The van der Waals surface area contributed by atoms with Crippen LogP contribution in [0.1, 0.15) is 19.3 Å². The Kier molecular flexibility index (Phi) is 4.34. The van der Waals surface area contributed by atoms with E-state index in [2.05, 4.69) is 5.32 Å². The molecule has 1 saturated carbocycles. The highest BCUT2D eigenvalue weighted by atomic mass is 19.3. The van der Waals surface area contributed by atoms with E-state index in [4.69, 9.17) is 5.11 Å². The lowest BCUT2D eigenvalue weighted by molar-refractivity contribution is -0.129. The minimum Gasteiger partial charge on any atom is -0.385 e. The van der Waals surface area contributed by atoms with E-state index in [1.807, 2.05) is 0 Å². The molecule has 0 radical (unpaired) electrons. The second kappa shape index (κ2) is 5.81. The Morgan fingerprint density at radius 3 is 2.74 bits per heavy atom. The fourth-order valence-electron chi connectivity index (χ4n) is 2.17. The molecule has 5 nitrogen and oxygen atoms in total. The van der Waals surface area contributed by atoms with Crippen LogP contribution in [0.5, 0.6) is 0 Å². The van der Waals surface area contributed by atoms with Gasteiger partial charge in [-0.15, -0.1) is 0 Å². The summed E-state index contributed by atoms with van der Waals surface area (Å²) in [6, 6.07) is 0. The first-order valence-corrected chi connectivity index (χ1v) is 6.49. The summed E-state index contributed by atoms with van der Waals surface area (Å²) in [6.07, 6.45) is -2.35. The van der Waals surface area contributed by atoms with Crippen LogP contribution < -0.4 is 5.32 Å². The molecule has 0 spiro atoms. The van der Waals surface area contributed by atoms with Crippen LogP contribution in [0.3, 0.4) is 0 Å². The van der Waals surface area contributed by atoms with Crippen molar-refractivity contribution in [3.63, 3.8) is 0 Å². The molecule has 2 fully saturated rings. The minimum absolute atomic E-state index is 0.0542. The number of carbonyl (C=O) groups excluding carboxylic acids is 2. The number of aliphatic hydroxyl groups is 1. The summed E-state index contributed by atoms with van der Waals surface area (Å²) >= 11 is 0. The maximum Gasteiger partial charge on any atom is 0.265 e. The third kappa shape index (κ3) is 3.86. The molecule has 108 valence electrons. The van der Waals surface area contributed by atoms with E-state index in [0.717, 1.165) is 12.8 Å². The highest BCUT2D eigenvalue weighted by molar-refractivity contribution is 5.89. The van der Waals surface area contributed by atoms with Crippen molar-refractivity contribution < 1.29 is 23.5 Å². The molecule has 2 amide bonds. The molecule has 2 aliphatic rings. The Bertz CT molecular complexity index is 361. The predicted molar refractivity (Wildman–Crippen MR) is 62.4 cm³/mol. The van der Waals surface area contributed by atoms with Gasteiger partial charge in [-0.05, 0) is 18.8 Å². The summed E-state index contributed by atoms with van der Waals surface area (Å²) < 4.78 is 24.1. The Morgan fingerprint density at radius 2 is 2.16 bits per heavy atom. The van der Waals surface area contributed by atoms with E-state index in [-0.39, 0.29) is 12.3 Å². The van der Waals surface area contributed by atoms with E-state index in [1.165, 1.54) is 0 Å². The largest absolute Gasteiger partial charge is 0.385 e. The summed E-state index contributed by atoms with van der Waals surface area (Å²) in [5, 5.41) is 11.2. The Labute approximate surface area is 109 Å². The zero-order valence-corrected chi connectivity index (χ0v) is 10.5. The molecule has 1 saturated heterocycles. The summed E-state index contributed by atoms with van der Waals surface area (Å²) in [4.78, 5) is 25.1. The van der Waals surface area contributed by atoms with Gasteiger partial charge in [0.1, 0.15) is 6.10 Å². The molecule has 1 aliphatic heterocycles. The van der Waals surface area contributed by atoms with Gasteiger partial charge in [-0.1, -0.05) is 0 Å². The van der Waals surface area contributed by atoms with E-state index in [0.29, 0.717) is 19.0 Å². The smallest absolute Gasteiger partial charge is 0.265 e. The lowest BCUT2D eigenvalue weighted by atomic mass is 10.1. The summed E-state index contributed by atoms with van der Waals surface area (Å²) in [6.45, 7) is 0.567.